The standard InChI is InChI=1S/C19H23N5O4S2/c1-12-8-9-14(30(26,27)23(3)4)11-15(12)20-18(25)13(2)29-19-22-21-17(24(19)5)16-7-6-10-28-16/h6-11,13H,1-5H3,(H,20,25). The maximum absolute atomic E-state index is 12.7. The SMILES string of the molecule is Cc1ccc(S(=O)(=O)N(C)C)cc1NC(=O)C(C)Sc1nnc(-c2ccco2)n1C. The molecule has 0 fully saturated rings. The second kappa shape index (κ2) is 8.62. The molecule has 1 aromatic carbocycles. The molecule has 3 aromatic rings. The Morgan fingerprint density at radius 3 is 2.63 bits per heavy atom. The zero-order chi connectivity index (χ0) is 22.1. The smallest absolute Gasteiger partial charge is 0.242 e. The minimum atomic E-state index is -3.60. The van der Waals surface area contributed by atoms with Crippen molar-refractivity contribution in [1.29, 1.82) is 0 Å². The van der Waals surface area contributed by atoms with Gasteiger partial charge in [0.05, 0.1) is 16.4 Å². The fourth-order valence-corrected chi connectivity index (χ4v) is 4.33. The molecule has 0 aliphatic heterocycles. The van der Waals surface area contributed by atoms with Crippen LogP contribution in [0.4, 0.5) is 5.69 Å². The van der Waals surface area contributed by atoms with E-state index in [2.05, 4.69) is 15.5 Å². The molecular weight excluding hydrogens is 426 g/mol. The van der Waals surface area contributed by atoms with E-state index in [4.69, 9.17) is 4.42 Å². The molecule has 30 heavy (non-hydrogen) atoms. The van der Waals surface area contributed by atoms with Gasteiger partial charge in [0.1, 0.15) is 0 Å². The first-order valence-electron chi connectivity index (χ1n) is 9.05. The van der Waals surface area contributed by atoms with Crippen molar-refractivity contribution in [3.05, 3.63) is 42.2 Å². The zero-order valence-electron chi connectivity index (χ0n) is 17.3. The Balaban J connectivity index is 1.75. The van der Waals surface area contributed by atoms with Crippen LogP contribution in [0.1, 0.15) is 12.5 Å². The Kier molecular flexibility index (Phi) is 6.34. The van der Waals surface area contributed by atoms with Crippen LogP contribution in [0.3, 0.4) is 0 Å². The van der Waals surface area contributed by atoms with E-state index in [1.165, 1.54) is 38.0 Å². The third-order valence-corrected chi connectivity index (χ3v) is 7.42. The number of amides is 1. The first-order chi connectivity index (χ1) is 14.1. The van der Waals surface area contributed by atoms with E-state index in [0.717, 1.165) is 9.87 Å². The number of rotatable bonds is 7. The van der Waals surface area contributed by atoms with Crippen molar-refractivity contribution in [1.82, 2.24) is 19.1 Å². The number of hydrogen-bond donors (Lipinski definition) is 1. The fourth-order valence-electron chi connectivity index (χ4n) is 2.59. The van der Waals surface area contributed by atoms with Gasteiger partial charge in [0.25, 0.3) is 0 Å². The molecule has 2 heterocycles. The van der Waals surface area contributed by atoms with Crippen LogP contribution in [-0.4, -0.2) is 52.7 Å². The van der Waals surface area contributed by atoms with Gasteiger partial charge in [-0.3, -0.25) is 4.79 Å². The predicted octanol–water partition coefficient (Wildman–Crippen LogP) is 2.75. The summed E-state index contributed by atoms with van der Waals surface area (Å²) in [7, 11) is 1.12. The second-order valence-electron chi connectivity index (χ2n) is 6.86. The second-order valence-corrected chi connectivity index (χ2v) is 10.3. The van der Waals surface area contributed by atoms with Gasteiger partial charge in [-0.05, 0) is 43.7 Å². The monoisotopic (exact) mass is 449 g/mol. The number of anilines is 1. The highest BCUT2D eigenvalue weighted by Crippen LogP contribution is 2.27. The highest BCUT2D eigenvalue weighted by Gasteiger charge is 2.22. The van der Waals surface area contributed by atoms with Crippen LogP contribution in [0.25, 0.3) is 11.6 Å². The lowest BCUT2D eigenvalue weighted by Gasteiger charge is -2.16. The summed E-state index contributed by atoms with van der Waals surface area (Å²) in [5.74, 6) is 0.876. The number of benzene rings is 1. The summed E-state index contributed by atoms with van der Waals surface area (Å²) in [5.41, 5.74) is 1.21. The number of carbonyl (C=O) groups is 1. The van der Waals surface area contributed by atoms with E-state index in [1.54, 1.807) is 49.9 Å². The van der Waals surface area contributed by atoms with E-state index in [-0.39, 0.29) is 10.8 Å². The Morgan fingerprint density at radius 2 is 2.00 bits per heavy atom. The lowest BCUT2D eigenvalue weighted by Crippen LogP contribution is -2.25. The molecule has 1 amide bonds. The summed E-state index contributed by atoms with van der Waals surface area (Å²) >= 11 is 1.25. The number of aromatic nitrogens is 3. The van der Waals surface area contributed by atoms with E-state index in [0.29, 0.717) is 22.4 Å². The molecule has 0 aliphatic rings. The maximum Gasteiger partial charge on any atom is 0.242 e. The summed E-state index contributed by atoms with van der Waals surface area (Å²) in [5, 5.41) is 11.1. The minimum Gasteiger partial charge on any atom is -0.461 e. The molecule has 2 aromatic heterocycles. The molecular formula is C19H23N5O4S2. The first kappa shape index (κ1) is 22.1. The number of furan rings is 1. The summed E-state index contributed by atoms with van der Waals surface area (Å²) in [6.45, 7) is 3.55. The van der Waals surface area contributed by atoms with Crippen LogP contribution in [-0.2, 0) is 21.9 Å². The fraction of sp³-hybridized carbons (Fsp3) is 0.316. The Hall–Kier alpha value is -2.63. The molecule has 0 saturated heterocycles. The van der Waals surface area contributed by atoms with Crippen molar-refractivity contribution in [3.63, 3.8) is 0 Å². The minimum absolute atomic E-state index is 0.116. The number of aryl methyl sites for hydroxylation is 1. The Labute approximate surface area is 179 Å². The van der Waals surface area contributed by atoms with E-state index in [9.17, 15) is 13.2 Å². The average Bonchev–Trinajstić information content (AvgIpc) is 3.33. The molecule has 1 atom stereocenters. The van der Waals surface area contributed by atoms with Gasteiger partial charge in [-0.15, -0.1) is 10.2 Å². The maximum atomic E-state index is 12.7. The molecule has 9 nitrogen and oxygen atoms in total. The van der Waals surface area contributed by atoms with E-state index < -0.39 is 15.3 Å². The molecule has 0 spiro atoms. The van der Waals surface area contributed by atoms with Crippen molar-refractivity contribution in [2.24, 2.45) is 7.05 Å². The van der Waals surface area contributed by atoms with Gasteiger partial charge in [-0.25, -0.2) is 12.7 Å². The lowest BCUT2D eigenvalue weighted by atomic mass is 10.2. The van der Waals surface area contributed by atoms with Crippen molar-refractivity contribution >= 4 is 33.4 Å². The molecule has 0 bridgehead atoms. The van der Waals surface area contributed by atoms with Crippen molar-refractivity contribution in [2.75, 3.05) is 19.4 Å². The molecule has 1 unspecified atom stereocenters. The number of carbonyl (C=O) groups excluding carboxylic acids is 1. The number of hydrogen-bond acceptors (Lipinski definition) is 7. The number of nitrogens with one attached hydrogen (secondary N) is 1. The van der Waals surface area contributed by atoms with Gasteiger partial charge in [-0.1, -0.05) is 17.8 Å². The molecule has 3 rings (SSSR count). The first-order valence-corrected chi connectivity index (χ1v) is 11.4. The predicted molar refractivity (Wildman–Crippen MR) is 115 cm³/mol. The van der Waals surface area contributed by atoms with Gasteiger partial charge in [0.2, 0.25) is 15.9 Å². The highest BCUT2D eigenvalue weighted by atomic mass is 32.2. The third-order valence-electron chi connectivity index (χ3n) is 4.47. The molecule has 1 N–H and O–H groups in total. The van der Waals surface area contributed by atoms with Gasteiger partial charge < -0.3 is 14.3 Å². The van der Waals surface area contributed by atoms with E-state index >= 15 is 0 Å². The van der Waals surface area contributed by atoms with Crippen molar-refractivity contribution < 1.29 is 17.6 Å². The van der Waals surface area contributed by atoms with Gasteiger partial charge >= 0.3 is 0 Å². The summed E-state index contributed by atoms with van der Waals surface area (Å²) in [6, 6.07) is 8.21. The molecule has 160 valence electrons. The van der Waals surface area contributed by atoms with Crippen molar-refractivity contribution in [2.45, 2.75) is 29.1 Å². The molecule has 11 heteroatoms. The molecule has 0 radical (unpaired) electrons. The van der Waals surface area contributed by atoms with Crippen LogP contribution in [0, 0.1) is 6.92 Å². The number of thioether (sulfide) groups is 1. The molecule has 0 saturated carbocycles. The Bertz CT molecular complexity index is 1150. The van der Waals surface area contributed by atoms with Crippen LogP contribution >= 0.6 is 11.8 Å². The van der Waals surface area contributed by atoms with Crippen LogP contribution in [0.5, 0.6) is 0 Å². The topological polar surface area (TPSA) is 110 Å². The quantitative estimate of drug-likeness (QED) is 0.552. The van der Waals surface area contributed by atoms with Gasteiger partial charge in [-0.2, -0.15) is 0 Å². The Morgan fingerprint density at radius 1 is 1.27 bits per heavy atom. The lowest BCUT2D eigenvalue weighted by molar-refractivity contribution is -0.115. The van der Waals surface area contributed by atoms with E-state index in [1.807, 2.05) is 0 Å². The summed E-state index contributed by atoms with van der Waals surface area (Å²) in [4.78, 5) is 12.9. The largest absolute Gasteiger partial charge is 0.461 e. The number of nitrogens with zero attached hydrogens (tertiary/aromatic N) is 4. The van der Waals surface area contributed by atoms with Gasteiger partial charge in [0.15, 0.2) is 16.7 Å². The van der Waals surface area contributed by atoms with Crippen molar-refractivity contribution in [3.8, 4) is 11.6 Å². The average molecular weight is 450 g/mol. The van der Waals surface area contributed by atoms with Gasteiger partial charge in [0, 0.05) is 26.8 Å². The normalized spacial score (nSPS) is 12.9. The third kappa shape index (κ3) is 4.42. The highest BCUT2D eigenvalue weighted by molar-refractivity contribution is 8.00. The van der Waals surface area contributed by atoms with Crippen LogP contribution in [0.15, 0.2) is 51.1 Å². The van der Waals surface area contributed by atoms with Crippen LogP contribution in [0.2, 0.25) is 0 Å². The van der Waals surface area contributed by atoms with Crippen LogP contribution < -0.4 is 5.32 Å². The number of sulfonamides is 1. The zero-order valence-corrected chi connectivity index (χ0v) is 18.9. The summed E-state index contributed by atoms with van der Waals surface area (Å²) in [6.07, 6.45) is 1.56. The molecule has 0 aliphatic carbocycles. The summed E-state index contributed by atoms with van der Waals surface area (Å²) < 4.78 is 33.0.